The van der Waals surface area contributed by atoms with Gasteiger partial charge < -0.3 is 10.0 Å². The Balaban J connectivity index is 2.20. The first kappa shape index (κ1) is 9.89. The van der Waals surface area contributed by atoms with Crippen LogP contribution < -0.4 is 4.90 Å². The van der Waals surface area contributed by atoms with Gasteiger partial charge in [0.05, 0.1) is 6.20 Å². The third-order valence-electron chi connectivity index (χ3n) is 2.52. The maximum absolute atomic E-state index is 10.9. The first-order valence-electron chi connectivity index (χ1n) is 4.94. The van der Waals surface area contributed by atoms with E-state index in [0.717, 1.165) is 6.54 Å². The molecule has 5 heteroatoms. The zero-order chi connectivity index (χ0) is 10.8. The molecule has 0 amide bonds. The molecule has 1 aromatic rings. The van der Waals surface area contributed by atoms with Gasteiger partial charge in [0, 0.05) is 13.6 Å². The van der Waals surface area contributed by atoms with Gasteiger partial charge in [-0.25, -0.2) is 4.79 Å². The lowest BCUT2D eigenvalue weighted by Gasteiger charge is -2.18. The van der Waals surface area contributed by atoms with Crippen molar-refractivity contribution < 1.29 is 9.90 Å². The van der Waals surface area contributed by atoms with Crippen LogP contribution in [0.3, 0.4) is 0 Å². The Labute approximate surface area is 87.7 Å². The van der Waals surface area contributed by atoms with E-state index in [1.165, 1.54) is 25.1 Å². The molecule has 0 unspecified atom stereocenters. The minimum absolute atomic E-state index is 0.216. The molecule has 1 heterocycles. The van der Waals surface area contributed by atoms with Crippen molar-refractivity contribution in [2.24, 2.45) is 5.92 Å². The molecular weight excluding hydrogens is 194 g/mol. The zero-order valence-electron chi connectivity index (χ0n) is 8.55. The molecule has 5 nitrogen and oxygen atoms in total. The maximum atomic E-state index is 10.9. The number of aromatic nitrogens is 2. The maximum Gasteiger partial charge on any atom is 0.339 e. The fourth-order valence-electron chi connectivity index (χ4n) is 1.55. The van der Waals surface area contributed by atoms with Gasteiger partial charge in [-0.05, 0) is 24.8 Å². The number of aromatic carboxylic acids is 1. The van der Waals surface area contributed by atoms with Crippen molar-refractivity contribution in [1.29, 1.82) is 0 Å². The summed E-state index contributed by atoms with van der Waals surface area (Å²) in [7, 11) is 1.86. The van der Waals surface area contributed by atoms with Crippen LogP contribution in [-0.4, -0.2) is 34.9 Å². The molecule has 1 N–H and O–H groups in total. The van der Waals surface area contributed by atoms with E-state index in [0.29, 0.717) is 11.7 Å². The molecule has 1 aromatic heterocycles. The van der Waals surface area contributed by atoms with Crippen LogP contribution in [0.15, 0.2) is 12.3 Å². The predicted octanol–water partition coefficient (Wildman–Crippen LogP) is 1.02. The summed E-state index contributed by atoms with van der Waals surface area (Å²) in [6.07, 6.45) is 3.86. The smallest absolute Gasteiger partial charge is 0.339 e. The lowest BCUT2D eigenvalue weighted by molar-refractivity contribution is 0.0697. The molecule has 15 heavy (non-hydrogen) atoms. The number of hydrogen-bond acceptors (Lipinski definition) is 4. The molecule has 0 aliphatic heterocycles. The second-order valence-corrected chi connectivity index (χ2v) is 3.90. The number of hydrogen-bond donors (Lipinski definition) is 1. The molecule has 0 spiro atoms. The molecule has 0 saturated heterocycles. The number of carbonyl (C=O) groups is 1. The molecule has 2 rings (SSSR count). The molecule has 1 fully saturated rings. The van der Waals surface area contributed by atoms with Gasteiger partial charge in [0.1, 0.15) is 5.56 Å². The Hall–Kier alpha value is -1.65. The molecule has 1 aliphatic carbocycles. The van der Waals surface area contributed by atoms with E-state index in [1.54, 1.807) is 0 Å². The Morgan fingerprint density at radius 1 is 1.67 bits per heavy atom. The fraction of sp³-hybridized carbons (Fsp3) is 0.500. The molecule has 1 saturated carbocycles. The number of anilines is 1. The number of nitrogens with zero attached hydrogens (tertiary/aromatic N) is 3. The van der Waals surface area contributed by atoms with Crippen molar-refractivity contribution in [2.75, 3.05) is 18.5 Å². The average Bonchev–Trinajstić information content (AvgIpc) is 3.01. The first-order valence-corrected chi connectivity index (χ1v) is 4.94. The summed E-state index contributed by atoms with van der Waals surface area (Å²) in [6, 6.07) is 1.48. The van der Waals surface area contributed by atoms with E-state index in [1.807, 2.05) is 11.9 Å². The summed E-state index contributed by atoms with van der Waals surface area (Å²) >= 11 is 0. The largest absolute Gasteiger partial charge is 0.478 e. The van der Waals surface area contributed by atoms with E-state index >= 15 is 0 Å². The van der Waals surface area contributed by atoms with E-state index in [-0.39, 0.29) is 5.56 Å². The van der Waals surface area contributed by atoms with Gasteiger partial charge in [-0.2, -0.15) is 5.10 Å². The van der Waals surface area contributed by atoms with Crippen LogP contribution in [0.4, 0.5) is 5.82 Å². The summed E-state index contributed by atoms with van der Waals surface area (Å²) in [6.45, 7) is 0.860. The van der Waals surface area contributed by atoms with Crippen LogP contribution in [0.5, 0.6) is 0 Å². The van der Waals surface area contributed by atoms with Gasteiger partial charge in [0.25, 0.3) is 0 Å². The molecule has 1 aliphatic rings. The van der Waals surface area contributed by atoms with Gasteiger partial charge >= 0.3 is 5.97 Å². The molecule has 0 aromatic carbocycles. The third kappa shape index (κ3) is 2.23. The molecular formula is C10H13N3O2. The van der Waals surface area contributed by atoms with Crippen molar-refractivity contribution >= 4 is 11.8 Å². The number of carboxylic acid groups (broad SMARTS) is 1. The van der Waals surface area contributed by atoms with E-state index in [9.17, 15) is 4.79 Å². The van der Waals surface area contributed by atoms with E-state index in [2.05, 4.69) is 10.2 Å². The quantitative estimate of drug-likeness (QED) is 0.798. The van der Waals surface area contributed by atoms with Crippen LogP contribution in [0, 0.1) is 5.92 Å². The van der Waals surface area contributed by atoms with Crippen LogP contribution >= 0.6 is 0 Å². The average molecular weight is 207 g/mol. The Morgan fingerprint density at radius 2 is 2.40 bits per heavy atom. The fourth-order valence-corrected chi connectivity index (χ4v) is 1.55. The van der Waals surface area contributed by atoms with Crippen molar-refractivity contribution in [1.82, 2.24) is 10.2 Å². The van der Waals surface area contributed by atoms with Crippen LogP contribution in [0.2, 0.25) is 0 Å². The first-order chi connectivity index (χ1) is 7.18. The summed E-state index contributed by atoms with van der Waals surface area (Å²) in [5.74, 6) is 0.193. The molecule has 80 valence electrons. The second-order valence-electron chi connectivity index (χ2n) is 3.90. The van der Waals surface area contributed by atoms with E-state index in [4.69, 9.17) is 5.11 Å². The molecule has 0 bridgehead atoms. The van der Waals surface area contributed by atoms with Gasteiger partial charge in [-0.1, -0.05) is 0 Å². The van der Waals surface area contributed by atoms with Crippen molar-refractivity contribution in [3.05, 3.63) is 17.8 Å². The second kappa shape index (κ2) is 3.84. The van der Waals surface area contributed by atoms with Gasteiger partial charge in [0.15, 0.2) is 5.82 Å². The lowest BCUT2D eigenvalue weighted by atomic mass is 10.2. The topological polar surface area (TPSA) is 66.3 Å². The van der Waals surface area contributed by atoms with Crippen molar-refractivity contribution in [2.45, 2.75) is 12.8 Å². The van der Waals surface area contributed by atoms with E-state index < -0.39 is 5.97 Å². The van der Waals surface area contributed by atoms with Crippen LogP contribution in [-0.2, 0) is 0 Å². The Bertz CT molecular complexity index is 377. The standard InChI is InChI=1S/C10H13N3O2/c1-13(6-7-2-3-7)9-8(10(14)15)4-5-11-12-9/h4-5,7H,2-3,6H2,1H3,(H,14,15). The Kier molecular flexibility index (Phi) is 2.53. The summed E-state index contributed by atoms with van der Waals surface area (Å²) in [5, 5.41) is 16.6. The predicted molar refractivity (Wildman–Crippen MR) is 55.0 cm³/mol. The van der Waals surface area contributed by atoms with Gasteiger partial charge in [0.2, 0.25) is 0 Å². The van der Waals surface area contributed by atoms with Crippen LogP contribution in [0.1, 0.15) is 23.2 Å². The van der Waals surface area contributed by atoms with Crippen LogP contribution in [0.25, 0.3) is 0 Å². The monoisotopic (exact) mass is 207 g/mol. The van der Waals surface area contributed by atoms with Gasteiger partial charge in [-0.15, -0.1) is 5.10 Å². The molecule has 0 atom stereocenters. The third-order valence-corrected chi connectivity index (χ3v) is 2.52. The number of carboxylic acids is 1. The highest BCUT2D eigenvalue weighted by Crippen LogP contribution is 2.30. The highest BCUT2D eigenvalue weighted by Gasteiger charge is 2.25. The summed E-state index contributed by atoms with van der Waals surface area (Å²) < 4.78 is 0. The molecule has 0 radical (unpaired) electrons. The highest BCUT2D eigenvalue weighted by molar-refractivity contribution is 5.93. The lowest BCUT2D eigenvalue weighted by Crippen LogP contribution is -2.24. The zero-order valence-corrected chi connectivity index (χ0v) is 8.55. The minimum atomic E-state index is -0.956. The normalized spacial score (nSPS) is 15.0. The van der Waals surface area contributed by atoms with Crippen molar-refractivity contribution in [3.8, 4) is 0 Å². The Morgan fingerprint density at radius 3 is 3.00 bits per heavy atom. The van der Waals surface area contributed by atoms with Gasteiger partial charge in [-0.3, -0.25) is 0 Å². The summed E-state index contributed by atoms with van der Waals surface area (Å²) in [4.78, 5) is 12.8. The number of rotatable bonds is 4. The van der Waals surface area contributed by atoms with Crippen molar-refractivity contribution in [3.63, 3.8) is 0 Å². The SMILES string of the molecule is CN(CC1CC1)c1nnccc1C(=O)O. The summed E-state index contributed by atoms with van der Waals surface area (Å²) in [5.41, 5.74) is 0.216. The highest BCUT2D eigenvalue weighted by atomic mass is 16.4. The minimum Gasteiger partial charge on any atom is -0.478 e.